The van der Waals surface area contributed by atoms with Crippen molar-refractivity contribution in [1.82, 2.24) is 59.8 Å². The van der Waals surface area contributed by atoms with Crippen LogP contribution in [0.15, 0.2) is 207 Å². The molecule has 0 atom stereocenters. The molecule has 0 fully saturated rings. The van der Waals surface area contributed by atoms with Gasteiger partial charge < -0.3 is 9.97 Å². The van der Waals surface area contributed by atoms with E-state index in [1.165, 1.54) is 0 Å². The van der Waals surface area contributed by atoms with Gasteiger partial charge in [0.2, 0.25) is 0 Å². The van der Waals surface area contributed by atoms with Crippen LogP contribution in [0.1, 0.15) is 0 Å². The van der Waals surface area contributed by atoms with Gasteiger partial charge in [-0.2, -0.15) is 0 Å². The monoisotopic (exact) mass is 1170 g/mol. The van der Waals surface area contributed by atoms with Gasteiger partial charge in [0.15, 0.2) is 40.7 Å². The molecule has 7 aromatic heterocycles. The number of thiazole rings is 4. The third-order valence-electron chi connectivity index (χ3n) is 13.6. The second-order valence-corrected chi connectivity index (χ2v) is 28.0. The summed E-state index contributed by atoms with van der Waals surface area (Å²) in [5.41, 5.74) is 9.76. The maximum Gasteiger partial charge on any atom is 0.164 e. The minimum absolute atomic E-state index is 0.519. The molecule has 15 aromatic rings. The van der Waals surface area contributed by atoms with Crippen LogP contribution in [0.5, 0.6) is 0 Å². The molecule has 20 heteroatoms. The summed E-state index contributed by atoms with van der Waals surface area (Å²) in [6.07, 6.45) is 0. The number of para-hydroxylation sites is 4. The van der Waals surface area contributed by atoms with E-state index in [0.29, 0.717) is 45.9 Å². The van der Waals surface area contributed by atoms with E-state index in [2.05, 4.69) is 156 Å². The molecule has 0 amide bonds. The first kappa shape index (κ1) is 46.9. The van der Waals surface area contributed by atoms with E-state index in [-0.39, 0.29) is 0 Å². The van der Waals surface area contributed by atoms with Crippen molar-refractivity contribution in [2.75, 3.05) is 0 Å². The predicted octanol–water partition coefficient (Wildman–Crippen LogP) is 17.9. The number of hydrogen-bond acceptors (Lipinski definition) is 18. The van der Waals surface area contributed by atoms with Crippen LogP contribution < -0.4 is 0 Å². The van der Waals surface area contributed by atoms with Crippen LogP contribution >= 0.6 is 92.4 Å². The van der Waals surface area contributed by atoms with Gasteiger partial charge in [0.25, 0.3) is 0 Å². The molecule has 9 heterocycles. The summed E-state index contributed by atoms with van der Waals surface area (Å²) in [4.78, 5) is 63.5. The average Bonchev–Trinajstić information content (AvgIpc) is 4.55. The Balaban J connectivity index is 0.891. The van der Waals surface area contributed by atoms with Crippen molar-refractivity contribution < 1.29 is 0 Å². The molecule has 2 aliphatic heterocycles. The van der Waals surface area contributed by atoms with Gasteiger partial charge in [-0.05, 0) is 121 Å². The largest absolute Gasteiger partial charge is 0.324 e. The smallest absolute Gasteiger partial charge is 0.164 e. The Kier molecular flexibility index (Phi) is 11.1. The Bertz CT molecular complexity index is 4810. The second-order valence-electron chi connectivity index (χ2n) is 18.6. The van der Waals surface area contributed by atoms with Crippen LogP contribution in [0.2, 0.25) is 0 Å². The molecule has 8 bridgehead atoms. The molecule has 0 aliphatic carbocycles. The van der Waals surface area contributed by atoms with Crippen molar-refractivity contribution in [2.24, 2.45) is 0 Å². The molecule has 12 nitrogen and oxygen atoms in total. The molecule has 2 aliphatic rings. The second kappa shape index (κ2) is 18.9. The maximum atomic E-state index is 5.43. The van der Waals surface area contributed by atoms with Crippen molar-refractivity contribution in [3.63, 3.8) is 0 Å². The van der Waals surface area contributed by atoms with Crippen LogP contribution in [-0.4, -0.2) is 59.8 Å². The number of fused-ring (bicyclic) bond motifs is 24. The molecule has 80 heavy (non-hydrogen) atoms. The first-order chi connectivity index (χ1) is 39.5. The Labute approximate surface area is 485 Å². The highest BCUT2D eigenvalue weighted by atomic mass is 32.2. The fourth-order valence-electron chi connectivity index (χ4n) is 9.95. The molecule has 2 N–H and O–H groups in total. The predicted molar refractivity (Wildman–Crippen MR) is 331 cm³/mol. The molecule has 0 radical (unpaired) electrons. The Hall–Kier alpha value is -7.92. The van der Waals surface area contributed by atoms with Crippen LogP contribution in [-0.2, 0) is 0 Å². The molecule has 378 valence electrons. The lowest BCUT2D eigenvalue weighted by molar-refractivity contribution is 1.19. The number of aromatic nitrogens is 12. The van der Waals surface area contributed by atoms with E-state index < -0.39 is 0 Å². The summed E-state index contributed by atoms with van der Waals surface area (Å²) >= 11 is 13.2. The normalized spacial score (nSPS) is 12.2. The summed E-state index contributed by atoms with van der Waals surface area (Å²) in [6, 6.07) is 58.5. The minimum atomic E-state index is 0.519. The van der Waals surface area contributed by atoms with Crippen LogP contribution in [0.4, 0.5) is 0 Å². The molecule has 0 spiro atoms. The van der Waals surface area contributed by atoms with Gasteiger partial charge in [-0.15, -0.1) is 45.3 Å². The van der Waals surface area contributed by atoms with E-state index in [4.69, 9.17) is 49.8 Å². The fourth-order valence-corrected chi connectivity index (χ4v) is 18.3. The van der Waals surface area contributed by atoms with Crippen molar-refractivity contribution >= 4 is 177 Å². The third kappa shape index (κ3) is 8.35. The van der Waals surface area contributed by atoms with Crippen molar-refractivity contribution in [2.45, 2.75) is 36.9 Å². The molecular formula is C60H30N12S8. The SMILES string of the molecule is c1ccc2sc(Sc3ccc4c(c3)-c3nc-4nc4[nH]c(nc5nc(nc6[nH]c(n3)c3ccc(Sc7nc8ccccc8s7)cc63)-c3ccc(Sc6nc7ccccc7s6)cc3-5)c3ccc(Sc5nc6ccccc6s5)cc43)nc2c1. The highest BCUT2D eigenvalue weighted by Crippen LogP contribution is 2.45. The summed E-state index contributed by atoms with van der Waals surface area (Å²) < 4.78 is 8.39. The number of nitrogens with zero attached hydrogens (tertiary/aromatic N) is 10. The number of nitrogens with one attached hydrogen (secondary N) is 2. The highest BCUT2D eigenvalue weighted by Gasteiger charge is 2.25. The Morgan fingerprint density at radius 1 is 0.263 bits per heavy atom. The maximum absolute atomic E-state index is 5.43. The number of rotatable bonds is 8. The quantitative estimate of drug-likeness (QED) is 0.148. The van der Waals surface area contributed by atoms with Crippen molar-refractivity contribution in [3.8, 4) is 45.6 Å². The summed E-state index contributed by atoms with van der Waals surface area (Å²) in [5.74, 6) is 2.08. The summed E-state index contributed by atoms with van der Waals surface area (Å²) in [5, 5.41) is 3.52. The van der Waals surface area contributed by atoms with Gasteiger partial charge in [-0.25, -0.2) is 49.8 Å². The number of aromatic amines is 2. The fraction of sp³-hybridized carbons (Fsp3) is 0. The van der Waals surface area contributed by atoms with E-state index in [9.17, 15) is 0 Å². The Morgan fingerprint density at radius 2 is 0.562 bits per heavy atom. The molecule has 0 unspecified atom stereocenters. The van der Waals surface area contributed by atoms with Gasteiger partial charge in [0.1, 0.15) is 22.6 Å². The first-order valence-corrected chi connectivity index (χ1v) is 31.5. The average molecular weight is 1180 g/mol. The molecule has 17 rings (SSSR count). The van der Waals surface area contributed by atoms with Gasteiger partial charge >= 0.3 is 0 Å². The minimum Gasteiger partial charge on any atom is -0.324 e. The van der Waals surface area contributed by atoms with Gasteiger partial charge in [0, 0.05) is 63.4 Å². The molecule has 0 saturated heterocycles. The zero-order valence-corrected chi connectivity index (χ0v) is 47.4. The van der Waals surface area contributed by atoms with E-state index in [1.54, 1.807) is 92.4 Å². The van der Waals surface area contributed by atoms with E-state index in [1.807, 2.05) is 24.3 Å². The number of benzene rings is 8. The first-order valence-electron chi connectivity index (χ1n) is 25.0. The number of H-pyrrole nitrogens is 2. The van der Waals surface area contributed by atoms with E-state index in [0.717, 1.165) is 122 Å². The standard InChI is InChI=1S/C60H30N12S8/c1-5-13-45-41(9-1)61-57(77-45)73-29-17-21-33-37(25-29)53-65-49(33)70-54-39-27-31(75-59-63-43-11-3-7-15-47(43)79-59)19-23-35(39)51(67-54)72-56-40-28-32(76-60-64-44-12-4-8-16-48(44)80-60)20-24-36(40)52(68-56)71-55-38-26-30(18-22-34(38)50(66-55)69-53)74-58-62-42-10-2-6-14-46(42)78-58/h1-28H,(H2,65,66,67,68,69,70,71,72). The van der Waals surface area contributed by atoms with Gasteiger partial charge in [-0.3, -0.25) is 0 Å². The summed E-state index contributed by atoms with van der Waals surface area (Å²) in [7, 11) is 0. The lowest BCUT2D eigenvalue weighted by Crippen LogP contribution is -1.84. The van der Waals surface area contributed by atoms with Crippen LogP contribution in [0.25, 0.3) is 131 Å². The zero-order chi connectivity index (χ0) is 52.4. The molecular weight excluding hydrogens is 1150 g/mol. The topological polar surface area (TPSA) is 160 Å². The van der Waals surface area contributed by atoms with Gasteiger partial charge in [0.05, 0.1) is 40.9 Å². The van der Waals surface area contributed by atoms with Crippen LogP contribution in [0, 0.1) is 0 Å². The zero-order valence-electron chi connectivity index (χ0n) is 40.9. The summed E-state index contributed by atoms with van der Waals surface area (Å²) in [6.45, 7) is 0. The number of hydrogen-bond donors (Lipinski definition) is 2. The van der Waals surface area contributed by atoms with E-state index >= 15 is 0 Å². The van der Waals surface area contributed by atoms with Gasteiger partial charge in [-0.1, -0.05) is 95.6 Å². The molecule has 8 aromatic carbocycles. The Morgan fingerprint density at radius 3 is 0.912 bits per heavy atom. The van der Waals surface area contributed by atoms with Crippen LogP contribution in [0.3, 0.4) is 0 Å². The third-order valence-corrected chi connectivity index (χ3v) is 22.0. The van der Waals surface area contributed by atoms with Crippen molar-refractivity contribution in [1.29, 1.82) is 0 Å². The lowest BCUT2D eigenvalue weighted by Gasteiger charge is -2.03. The lowest BCUT2D eigenvalue weighted by atomic mass is 10.1. The van der Waals surface area contributed by atoms with Crippen molar-refractivity contribution in [3.05, 3.63) is 170 Å². The molecule has 0 saturated carbocycles. The highest BCUT2D eigenvalue weighted by molar-refractivity contribution is 8.02.